The quantitative estimate of drug-likeness (QED) is 0.757. The van der Waals surface area contributed by atoms with Gasteiger partial charge in [0.15, 0.2) is 0 Å². The van der Waals surface area contributed by atoms with Gasteiger partial charge in [-0.2, -0.15) is 0 Å². The third-order valence-corrected chi connectivity index (χ3v) is 3.09. The molecule has 0 bridgehead atoms. The zero-order chi connectivity index (χ0) is 13.8. The SMILES string of the molecule is O=c1cc(NCCc2cccc3cccnc23)nc[nH]1. The van der Waals surface area contributed by atoms with Crippen LogP contribution in [0.3, 0.4) is 0 Å². The van der Waals surface area contributed by atoms with E-state index < -0.39 is 0 Å². The Morgan fingerprint density at radius 3 is 2.95 bits per heavy atom. The third kappa shape index (κ3) is 2.66. The fraction of sp³-hybridized carbons (Fsp3) is 0.133. The molecule has 0 atom stereocenters. The number of fused-ring (bicyclic) bond motifs is 1. The normalized spacial score (nSPS) is 10.6. The highest BCUT2D eigenvalue weighted by atomic mass is 16.1. The molecule has 3 aromatic rings. The molecule has 20 heavy (non-hydrogen) atoms. The number of hydrogen-bond acceptors (Lipinski definition) is 4. The molecule has 0 saturated carbocycles. The zero-order valence-corrected chi connectivity index (χ0v) is 10.8. The summed E-state index contributed by atoms with van der Waals surface area (Å²) in [5.74, 6) is 0.585. The van der Waals surface area contributed by atoms with Gasteiger partial charge in [0.25, 0.3) is 5.56 Å². The highest BCUT2D eigenvalue weighted by Crippen LogP contribution is 2.16. The Balaban J connectivity index is 1.73. The molecule has 5 nitrogen and oxygen atoms in total. The molecular weight excluding hydrogens is 252 g/mol. The summed E-state index contributed by atoms with van der Waals surface area (Å²) in [4.78, 5) is 22.1. The van der Waals surface area contributed by atoms with Gasteiger partial charge in [-0.3, -0.25) is 9.78 Å². The average molecular weight is 266 g/mol. The minimum atomic E-state index is -0.158. The Labute approximate surface area is 115 Å². The van der Waals surface area contributed by atoms with Crippen LogP contribution in [0.4, 0.5) is 5.82 Å². The predicted molar refractivity (Wildman–Crippen MR) is 78.8 cm³/mol. The minimum absolute atomic E-state index is 0.158. The van der Waals surface area contributed by atoms with Gasteiger partial charge in [-0.15, -0.1) is 0 Å². The van der Waals surface area contributed by atoms with Gasteiger partial charge in [-0.05, 0) is 18.1 Å². The molecule has 0 aliphatic heterocycles. The van der Waals surface area contributed by atoms with Crippen LogP contribution in [0.1, 0.15) is 5.56 Å². The molecule has 3 rings (SSSR count). The van der Waals surface area contributed by atoms with Crippen molar-refractivity contribution in [3.63, 3.8) is 0 Å². The van der Waals surface area contributed by atoms with E-state index in [9.17, 15) is 4.79 Å². The summed E-state index contributed by atoms with van der Waals surface area (Å²) < 4.78 is 0. The summed E-state index contributed by atoms with van der Waals surface area (Å²) >= 11 is 0. The van der Waals surface area contributed by atoms with E-state index >= 15 is 0 Å². The Bertz CT molecular complexity index is 776. The number of benzene rings is 1. The fourth-order valence-corrected chi connectivity index (χ4v) is 2.16. The van der Waals surface area contributed by atoms with Gasteiger partial charge in [0.1, 0.15) is 5.82 Å². The number of aromatic amines is 1. The van der Waals surface area contributed by atoms with E-state index in [0.717, 1.165) is 17.3 Å². The Hall–Kier alpha value is -2.69. The molecular formula is C15H14N4O. The largest absolute Gasteiger partial charge is 0.370 e. The number of nitrogens with zero attached hydrogens (tertiary/aromatic N) is 2. The summed E-state index contributed by atoms with van der Waals surface area (Å²) in [6.07, 6.45) is 4.02. The van der Waals surface area contributed by atoms with Crippen LogP contribution in [0.15, 0.2) is 53.7 Å². The van der Waals surface area contributed by atoms with Crippen molar-refractivity contribution in [2.24, 2.45) is 0 Å². The summed E-state index contributed by atoms with van der Waals surface area (Å²) in [6, 6.07) is 11.6. The van der Waals surface area contributed by atoms with Crippen molar-refractivity contribution in [3.05, 3.63) is 64.8 Å². The van der Waals surface area contributed by atoms with E-state index in [4.69, 9.17) is 0 Å². The topological polar surface area (TPSA) is 70.7 Å². The van der Waals surface area contributed by atoms with Crippen molar-refractivity contribution in [1.82, 2.24) is 15.0 Å². The standard InChI is InChI=1S/C15H14N4O/c20-14-9-13(18-10-19-14)16-8-6-12-4-1-3-11-5-2-7-17-15(11)12/h1-5,7,9-10H,6,8H2,(H2,16,18,19,20). The number of pyridine rings is 1. The van der Waals surface area contributed by atoms with Crippen LogP contribution in [-0.2, 0) is 6.42 Å². The third-order valence-electron chi connectivity index (χ3n) is 3.09. The maximum Gasteiger partial charge on any atom is 0.252 e. The zero-order valence-electron chi connectivity index (χ0n) is 10.8. The Morgan fingerprint density at radius 2 is 2.05 bits per heavy atom. The van der Waals surface area contributed by atoms with Gasteiger partial charge >= 0.3 is 0 Å². The van der Waals surface area contributed by atoms with E-state index in [2.05, 4.69) is 38.5 Å². The number of H-pyrrole nitrogens is 1. The Morgan fingerprint density at radius 1 is 1.15 bits per heavy atom. The minimum Gasteiger partial charge on any atom is -0.370 e. The van der Waals surface area contributed by atoms with Crippen molar-refractivity contribution in [3.8, 4) is 0 Å². The second kappa shape index (κ2) is 5.52. The van der Waals surface area contributed by atoms with E-state index in [1.54, 1.807) is 6.20 Å². The van der Waals surface area contributed by atoms with Gasteiger partial charge in [-0.25, -0.2) is 4.98 Å². The molecule has 0 fully saturated rings. The molecule has 2 N–H and O–H groups in total. The molecule has 0 unspecified atom stereocenters. The number of hydrogen-bond donors (Lipinski definition) is 2. The first-order valence-electron chi connectivity index (χ1n) is 6.44. The smallest absolute Gasteiger partial charge is 0.252 e. The van der Waals surface area contributed by atoms with Crippen LogP contribution < -0.4 is 10.9 Å². The first-order valence-corrected chi connectivity index (χ1v) is 6.44. The van der Waals surface area contributed by atoms with Gasteiger partial charge in [0.2, 0.25) is 0 Å². The van der Waals surface area contributed by atoms with Crippen molar-refractivity contribution in [1.29, 1.82) is 0 Å². The first kappa shape index (κ1) is 12.3. The maximum absolute atomic E-state index is 11.2. The van der Waals surface area contributed by atoms with Gasteiger partial charge in [0, 0.05) is 24.2 Å². The lowest BCUT2D eigenvalue weighted by Crippen LogP contribution is -2.11. The van der Waals surface area contributed by atoms with E-state index in [1.807, 2.05) is 12.1 Å². The van der Waals surface area contributed by atoms with Crippen LogP contribution in [0.5, 0.6) is 0 Å². The second-order valence-corrected chi connectivity index (χ2v) is 4.47. The molecule has 2 aromatic heterocycles. The molecule has 1 aromatic carbocycles. The van der Waals surface area contributed by atoms with Crippen LogP contribution in [0.25, 0.3) is 10.9 Å². The monoisotopic (exact) mass is 266 g/mol. The van der Waals surface area contributed by atoms with Crippen LogP contribution in [-0.4, -0.2) is 21.5 Å². The lowest BCUT2D eigenvalue weighted by atomic mass is 10.1. The summed E-state index contributed by atoms with van der Waals surface area (Å²) in [7, 11) is 0. The van der Waals surface area contributed by atoms with Gasteiger partial charge in [0.05, 0.1) is 11.8 Å². The molecule has 0 aliphatic carbocycles. The lowest BCUT2D eigenvalue weighted by Gasteiger charge is -2.07. The Kier molecular flexibility index (Phi) is 3.41. The van der Waals surface area contributed by atoms with Gasteiger partial charge < -0.3 is 10.3 Å². The van der Waals surface area contributed by atoms with Crippen LogP contribution >= 0.6 is 0 Å². The predicted octanol–water partition coefficient (Wildman–Crippen LogP) is 1.97. The van der Waals surface area contributed by atoms with Crippen LogP contribution in [0, 0.1) is 0 Å². The number of rotatable bonds is 4. The summed E-state index contributed by atoms with van der Waals surface area (Å²) in [5, 5.41) is 4.28. The van der Waals surface area contributed by atoms with E-state index in [-0.39, 0.29) is 5.56 Å². The number of anilines is 1. The van der Waals surface area contributed by atoms with Crippen molar-refractivity contribution in [2.45, 2.75) is 6.42 Å². The molecule has 0 spiro atoms. The average Bonchev–Trinajstić information content (AvgIpc) is 2.48. The molecule has 5 heteroatoms. The highest BCUT2D eigenvalue weighted by molar-refractivity contribution is 5.81. The maximum atomic E-state index is 11.2. The van der Waals surface area contributed by atoms with E-state index in [0.29, 0.717) is 12.4 Å². The second-order valence-electron chi connectivity index (χ2n) is 4.47. The summed E-state index contributed by atoms with van der Waals surface area (Å²) in [6.45, 7) is 0.701. The molecule has 0 aliphatic rings. The van der Waals surface area contributed by atoms with Crippen molar-refractivity contribution < 1.29 is 0 Å². The number of nitrogens with one attached hydrogen (secondary N) is 2. The van der Waals surface area contributed by atoms with E-state index in [1.165, 1.54) is 18.0 Å². The van der Waals surface area contributed by atoms with Crippen molar-refractivity contribution in [2.75, 3.05) is 11.9 Å². The summed E-state index contributed by atoms with van der Waals surface area (Å²) in [5.41, 5.74) is 2.05. The molecule has 0 saturated heterocycles. The van der Waals surface area contributed by atoms with Gasteiger partial charge in [-0.1, -0.05) is 24.3 Å². The molecule has 0 amide bonds. The first-order chi connectivity index (χ1) is 9.83. The number of para-hydroxylation sites is 1. The van der Waals surface area contributed by atoms with Crippen molar-refractivity contribution >= 4 is 16.7 Å². The molecule has 2 heterocycles. The lowest BCUT2D eigenvalue weighted by molar-refractivity contribution is 0.998. The highest BCUT2D eigenvalue weighted by Gasteiger charge is 2.01. The van der Waals surface area contributed by atoms with Crippen LogP contribution in [0.2, 0.25) is 0 Å². The fourth-order valence-electron chi connectivity index (χ4n) is 2.16. The number of aromatic nitrogens is 3. The molecule has 100 valence electrons. The molecule has 0 radical (unpaired) electrons.